The number of anilines is 1. The minimum Gasteiger partial charge on any atom is -0.494 e. The fraction of sp³-hybridized carbons (Fsp3) is 0.381. The number of hydrogen-bond donors (Lipinski definition) is 1. The molecular weight excluding hydrogens is 394 g/mol. The lowest BCUT2D eigenvalue weighted by atomic mass is 9.99. The third-order valence-electron chi connectivity index (χ3n) is 4.09. The van der Waals surface area contributed by atoms with Crippen molar-refractivity contribution >= 4 is 27.5 Å². The zero-order chi connectivity index (χ0) is 18.9. The molecule has 5 heteroatoms. The lowest BCUT2D eigenvalue weighted by molar-refractivity contribution is -0.118. The molecule has 0 aliphatic heterocycles. The summed E-state index contributed by atoms with van der Waals surface area (Å²) in [6.07, 6.45) is 2.02. The molecule has 1 atom stereocenters. The van der Waals surface area contributed by atoms with Crippen molar-refractivity contribution in [3.8, 4) is 11.5 Å². The van der Waals surface area contributed by atoms with E-state index in [1.807, 2.05) is 36.4 Å². The summed E-state index contributed by atoms with van der Waals surface area (Å²) in [4.78, 5) is 12.2. The van der Waals surface area contributed by atoms with Gasteiger partial charge >= 0.3 is 0 Å². The van der Waals surface area contributed by atoms with E-state index in [0.29, 0.717) is 24.0 Å². The number of nitrogens with one attached hydrogen (secondary N) is 1. The van der Waals surface area contributed by atoms with Crippen molar-refractivity contribution in [2.45, 2.75) is 39.5 Å². The molecular formula is C21H26BrNO3. The lowest BCUT2D eigenvalue weighted by Crippen LogP contribution is -2.20. The molecule has 0 aromatic heterocycles. The highest BCUT2D eigenvalue weighted by Gasteiger charge is 2.10. The Balaban J connectivity index is 1.91. The van der Waals surface area contributed by atoms with Gasteiger partial charge in [-0.15, -0.1) is 0 Å². The third kappa shape index (κ3) is 6.06. The van der Waals surface area contributed by atoms with Crippen molar-refractivity contribution in [3.05, 3.63) is 52.5 Å². The molecule has 1 amide bonds. The summed E-state index contributed by atoms with van der Waals surface area (Å²) in [6, 6.07) is 13.4. The topological polar surface area (TPSA) is 47.6 Å². The van der Waals surface area contributed by atoms with Crippen LogP contribution < -0.4 is 14.8 Å². The van der Waals surface area contributed by atoms with E-state index < -0.39 is 0 Å². The van der Waals surface area contributed by atoms with Crippen LogP contribution >= 0.6 is 15.9 Å². The number of rotatable bonds is 9. The zero-order valence-electron chi connectivity index (χ0n) is 15.5. The second-order valence-electron chi connectivity index (χ2n) is 6.21. The molecule has 0 saturated carbocycles. The first-order chi connectivity index (χ1) is 12.5. The Morgan fingerprint density at radius 1 is 1.15 bits per heavy atom. The molecule has 26 heavy (non-hydrogen) atoms. The largest absolute Gasteiger partial charge is 0.494 e. The SMILES string of the molecule is CCCOc1cccc(NC(=O)COc2ccc(C(C)CC)cc2Br)c1. The van der Waals surface area contributed by atoms with E-state index in [9.17, 15) is 4.79 Å². The number of carbonyl (C=O) groups is 1. The van der Waals surface area contributed by atoms with Gasteiger partial charge in [0.25, 0.3) is 5.91 Å². The summed E-state index contributed by atoms with van der Waals surface area (Å²) in [5, 5.41) is 2.83. The van der Waals surface area contributed by atoms with Crippen LogP contribution in [0.25, 0.3) is 0 Å². The molecule has 0 saturated heterocycles. The molecule has 4 nitrogen and oxygen atoms in total. The van der Waals surface area contributed by atoms with Crippen LogP contribution in [0.2, 0.25) is 0 Å². The lowest BCUT2D eigenvalue weighted by Gasteiger charge is -2.13. The maximum atomic E-state index is 12.2. The highest BCUT2D eigenvalue weighted by Crippen LogP contribution is 2.30. The summed E-state index contributed by atoms with van der Waals surface area (Å²) in [7, 11) is 0. The first-order valence-corrected chi connectivity index (χ1v) is 9.77. The standard InChI is InChI=1S/C21H26BrNO3/c1-4-11-25-18-8-6-7-17(13-18)23-21(24)14-26-20-10-9-16(12-19(20)22)15(3)5-2/h6-10,12-13,15H,4-5,11,14H2,1-3H3,(H,23,24). The van der Waals surface area contributed by atoms with Crippen LogP contribution in [0, 0.1) is 0 Å². The third-order valence-corrected chi connectivity index (χ3v) is 4.71. The van der Waals surface area contributed by atoms with E-state index in [1.165, 1.54) is 5.56 Å². The Morgan fingerprint density at radius 2 is 1.96 bits per heavy atom. The van der Waals surface area contributed by atoms with Gasteiger partial charge in [-0.2, -0.15) is 0 Å². The minimum atomic E-state index is -0.212. The predicted molar refractivity (Wildman–Crippen MR) is 109 cm³/mol. The molecule has 0 bridgehead atoms. The zero-order valence-corrected chi connectivity index (χ0v) is 17.1. The molecule has 2 rings (SSSR count). The Bertz CT molecular complexity index is 733. The van der Waals surface area contributed by atoms with Gasteiger partial charge < -0.3 is 14.8 Å². The van der Waals surface area contributed by atoms with Crippen LogP contribution in [0.1, 0.15) is 45.1 Å². The first-order valence-electron chi connectivity index (χ1n) is 8.98. The number of halogens is 1. The van der Waals surface area contributed by atoms with Crippen LogP contribution in [0.4, 0.5) is 5.69 Å². The quantitative estimate of drug-likeness (QED) is 0.560. The predicted octanol–water partition coefficient (Wildman–Crippen LogP) is 5.77. The second-order valence-corrected chi connectivity index (χ2v) is 7.07. The van der Waals surface area contributed by atoms with Gasteiger partial charge in [-0.25, -0.2) is 0 Å². The van der Waals surface area contributed by atoms with Crippen LogP contribution in [0.5, 0.6) is 11.5 Å². The Labute approximate surface area is 164 Å². The average Bonchev–Trinajstić information content (AvgIpc) is 2.65. The summed E-state index contributed by atoms with van der Waals surface area (Å²) >= 11 is 3.52. The van der Waals surface area contributed by atoms with Crippen LogP contribution in [0.3, 0.4) is 0 Å². The Morgan fingerprint density at radius 3 is 2.65 bits per heavy atom. The number of carbonyl (C=O) groups excluding carboxylic acids is 1. The summed E-state index contributed by atoms with van der Waals surface area (Å²) in [5.41, 5.74) is 1.94. The average molecular weight is 420 g/mol. The van der Waals surface area contributed by atoms with Crippen molar-refractivity contribution in [2.75, 3.05) is 18.5 Å². The minimum absolute atomic E-state index is 0.0542. The number of hydrogen-bond acceptors (Lipinski definition) is 3. The van der Waals surface area contributed by atoms with Gasteiger partial charge in [-0.1, -0.05) is 32.9 Å². The highest BCUT2D eigenvalue weighted by atomic mass is 79.9. The fourth-order valence-corrected chi connectivity index (χ4v) is 2.91. The number of ether oxygens (including phenoxy) is 2. The van der Waals surface area contributed by atoms with Crippen molar-refractivity contribution in [2.24, 2.45) is 0 Å². The maximum absolute atomic E-state index is 12.2. The molecule has 140 valence electrons. The van der Waals surface area contributed by atoms with E-state index in [2.05, 4.69) is 48.1 Å². The van der Waals surface area contributed by atoms with Gasteiger partial charge in [0.15, 0.2) is 6.61 Å². The Hall–Kier alpha value is -2.01. The Kier molecular flexibility index (Phi) is 7.98. The molecule has 2 aromatic rings. The van der Waals surface area contributed by atoms with Gasteiger partial charge in [0.05, 0.1) is 11.1 Å². The van der Waals surface area contributed by atoms with Gasteiger partial charge in [0.2, 0.25) is 0 Å². The van der Waals surface area contributed by atoms with E-state index in [-0.39, 0.29) is 12.5 Å². The van der Waals surface area contributed by atoms with Gasteiger partial charge in [0, 0.05) is 11.8 Å². The molecule has 0 aliphatic carbocycles. The van der Waals surface area contributed by atoms with Crippen LogP contribution in [-0.4, -0.2) is 19.1 Å². The molecule has 0 fully saturated rings. The summed E-state index contributed by atoms with van der Waals surface area (Å²) in [5.74, 6) is 1.68. The second kappa shape index (κ2) is 10.2. The van der Waals surface area contributed by atoms with Crippen molar-refractivity contribution in [1.29, 1.82) is 0 Å². The monoisotopic (exact) mass is 419 g/mol. The van der Waals surface area contributed by atoms with Crippen molar-refractivity contribution < 1.29 is 14.3 Å². The normalized spacial score (nSPS) is 11.7. The van der Waals surface area contributed by atoms with Crippen LogP contribution in [0.15, 0.2) is 46.9 Å². The molecule has 1 unspecified atom stereocenters. The van der Waals surface area contributed by atoms with Crippen LogP contribution in [-0.2, 0) is 4.79 Å². The summed E-state index contributed by atoms with van der Waals surface area (Å²) < 4.78 is 12.1. The molecule has 0 radical (unpaired) electrons. The fourth-order valence-electron chi connectivity index (χ4n) is 2.40. The molecule has 0 spiro atoms. The van der Waals surface area contributed by atoms with E-state index >= 15 is 0 Å². The molecule has 0 heterocycles. The highest BCUT2D eigenvalue weighted by molar-refractivity contribution is 9.10. The van der Waals surface area contributed by atoms with Gasteiger partial charge in [-0.05, 0) is 64.5 Å². The maximum Gasteiger partial charge on any atom is 0.262 e. The van der Waals surface area contributed by atoms with E-state index in [1.54, 1.807) is 0 Å². The van der Waals surface area contributed by atoms with Crippen molar-refractivity contribution in [1.82, 2.24) is 0 Å². The first kappa shape index (κ1) is 20.3. The molecule has 2 aromatic carbocycles. The van der Waals surface area contributed by atoms with Gasteiger partial charge in [-0.3, -0.25) is 4.79 Å². The molecule has 1 N–H and O–H groups in total. The summed E-state index contributed by atoms with van der Waals surface area (Å²) in [6.45, 7) is 7.00. The van der Waals surface area contributed by atoms with E-state index in [0.717, 1.165) is 23.1 Å². The number of benzene rings is 2. The smallest absolute Gasteiger partial charge is 0.262 e. The number of amides is 1. The van der Waals surface area contributed by atoms with Gasteiger partial charge in [0.1, 0.15) is 11.5 Å². The van der Waals surface area contributed by atoms with Crippen molar-refractivity contribution in [3.63, 3.8) is 0 Å². The van der Waals surface area contributed by atoms with E-state index in [4.69, 9.17) is 9.47 Å². The molecule has 0 aliphatic rings.